The van der Waals surface area contributed by atoms with Gasteiger partial charge in [0.25, 0.3) is 0 Å². The van der Waals surface area contributed by atoms with Crippen molar-refractivity contribution in [2.24, 2.45) is 5.73 Å². The summed E-state index contributed by atoms with van der Waals surface area (Å²) in [5, 5.41) is 63.2. The van der Waals surface area contributed by atoms with Crippen molar-refractivity contribution in [2.75, 3.05) is 13.2 Å². The molecular weight excluding hydrogens is 446 g/mol. The van der Waals surface area contributed by atoms with Crippen molar-refractivity contribution in [3.05, 3.63) is 11.5 Å². The fourth-order valence-corrected chi connectivity index (χ4v) is 3.58. The molecule has 0 unspecified atom stereocenters. The molecule has 5 atom stereocenters. The molecule has 0 bridgehead atoms. The van der Waals surface area contributed by atoms with E-state index in [1.54, 1.807) is 0 Å². The summed E-state index contributed by atoms with van der Waals surface area (Å²) in [6.45, 7) is 1.28. The highest BCUT2D eigenvalue weighted by molar-refractivity contribution is 5.89. The molecule has 202 valence electrons. The van der Waals surface area contributed by atoms with Gasteiger partial charge in [0.2, 0.25) is 5.76 Å². The molecule has 0 saturated carbocycles. The molecule has 1 aliphatic rings. The number of esters is 1. The normalized spacial score (nSPS) is 19.3. The Morgan fingerprint density at radius 2 is 1.29 bits per heavy atom. The van der Waals surface area contributed by atoms with Crippen LogP contribution < -0.4 is 5.73 Å². The molecule has 0 amide bonds. The number of carbonyl (C=O) groups is 1. The fraction of sp³-hybridized carbons (Fsp3) is 0.875. The summed E-state index contributed by atoms with van der Waals surface area (Å²) in [5.74, 6) is -2.78. The summed E-state index contributed by atoms with van der Waals surface area (Å²) in [4.78, 5) is 10.5. The van der Waals surface area contributed by atoms with Gasteiger partial charge in [-0.2, -0.15) is 0 Å². The van der Waals surface area contributed by atoms with Crippen LogP contribution in [0, 0.1) is 0 Å². The van der Waals surface area contributed by atoms with Gasteiger partial charge in [-0.15, -0.1) is 0 Å². The van der Waals surface area contributed by atoms with Gasteiger partial charge >= 0.3 is 5.97 Å². The summed E-state index contributed by atoms with van der Waals surface area (Å²) in [6.07, 6.45) is 11.3. The van der Waals surface area contributed by atoms with Gasteiger partial charge < -0.3 is 46.2 Å². The van der Waals surface area contributed by atoms with E-state index in [1.165, 1.54) is 64.2 Å². The molecule has 10 heteroatoms. The van der Waals surface area contributed by atoms with Crippen LogP contribution in [0.1, 0.15) is 90.4 Å². The maximum atomic E-state index is 10.5. The minimum absolute atomic E-state index is 0.295. The molecule has 1 aliphatic heterocycles. The van der Waals surface area contributed by atoms with E-state index in [0.717, 1.165) is 12.8 Å². The van der Waals surface area contributed by atoms with Gasteiger partial charge in [-0.25, -0.2) is 4.79 Å². The predicted octanol–water partition coefficient (Wildman–Crippen LogP) is 1.71. The highest BCUT2D eigenvalue weighted by atomic mass is 16.6. The van der Waals surface area contributed by atoms with E-state index >= 15 is 0 Å². The van der Waals surface area contributed by atoms with E-state index in [0.29, 0.717) is 6.42 Å². The monoisotopic (exact) mass is 493 g/mol. The van der Waals surface area contributed by atoms with Gasteiger partial charge in [-0.05, 0) is 6.42 Å². The third-order valence-corrected chi connectivity index (χ3v) is 5.87. The number of aliphatic hydroxyl groups excluding tert-OH is 7. The zero-order chi connectivity index (χ0) is 25.9. The number of ether oxygens (including phenoxy) is 1. The van der Waals surface area contributed by atoms with Crippen molar-refractivity contribution >= 4 is 5.97 Å². The third kappa shape index (κ3) is 13.5. The standard InChI is InChI=1S/C18H39NO3.C6H8O6/c1-2-3-4-5-6-7-8-9-10-11-12-13-14-17(21)18(22)16(19)15-20;7-1-2(8)5-3(9)4(10)6(11)12-5/h16-18,20-22H,2-15,19H2,1H3;2,5,7-10H,1H2/t16-,17+,18-;2-,5+/m00/s1. The molecule has 0 saturated heterocycles. The lowest BCUT2D eigenvalue weighted by Crippen LogP contribution is -2.45. The molecule has 1 rings (SSSR count). The smallest absolute Gasteiger partial charge is 0.377 e. The second-order valence-electron chi connectivity index (χ2n) is 8.89. The molecule has 0 aromatic heterocycles. The van der Waals surface area contributed by atoms with Crippen LogP contribution in [0.5, 0.6) is 0 Å². The summed E-state index contributed by atoms with van der Waals surface area (Å²) in [5.41, 5.74) is 5.49. The maximum Gasteiger partial charge on any atom is 0.377 e. The van der Waals surface area contributed by atoms with Gasteiger partial charge in [0.05, 0.1) is 31.5 Å². The van der Waals surface area contributed by atoms with Crippen molar-refractivity contribution in [2.45, 2.75) is 121 Å². The van der Waals surface area contributed by atoms with Crippen LogP contribution in [0.25, 0.3) is 0 Å². The Hall–Kier alpha value is -1.43. The van der Waals surface area contributed by atoms with Crippen LogP contribution in [-0.2, 0) is 9.53 Å². The Balaban J connectivity index is 0.000000757. The number of cyclic esters (lactones) is 1. The Morgan fingerprint density at radius 1 is 0.824 bits per heavy atom. The molecule has 1 heterocycles. The predicted molar refractivity (Wildman–Crippen MR) is 128 cm³/mol. The molecule has 0 aromatic rings. The van der Waals surface area contributed by atoms with E-state index in [9.17, 15) is 15.0 Å². The number of hydrogen-bond donors (Lipinski definition) is 8. The molecule has 0 radical (unpaired) electrons. The number of unbranched alkanes of at least 4 members (excludes halogenated alkanes) is 11. The van der Waals surface area contributed by atoms with E-state index in [-0.39, 0.29) is 6.61 Å². The highest BCUT2D eigenvalue weighted by Crippen LogP contribution is 2.21. The molecule has 10 nitrogen and oxygen atoms in total. The number of aliphatic hydroxyl groups is 7. The molecule has 9 N–H and O–H groups in total. The van der Waals surface area contributed by atoms with Crippen molar-refractivity contribution in [1.82, 2.24) is 0 Å². The fourth-order valence-electron chi connectivity index (χ4n) is 3.58. The number of hydrogen-bond acceptors (Lipinski definition) is 10. The van der Waals surface area contributed by atoms with Gasteiger partial charge in [-0.3, -0.25) is 0 Å². The number of carbonyl (C=O) groups excluding carboxylic acids is 1. The minimum atomic E-state index is -1.42. The Morgan fingerprint density at radius 3 is 1.68 bits per heavy atom. The quantitative estimate of drug-likeness (QED) is 0.103. The van der Waals surface area contributed by atoms with E-state index in [2.05, 4.69) is 11.7 Å². The number of nitrogens with two attached hydrogens (primary N) is 1. The van der Waals surface area contributed by atoms with Crippen molar-refractivity contribution in [3.8, 4) is 0 Å². The first-order valence-electron chi connectivity index (χ1n) is 12.6. The van der Waals surface area contributed by atoms with Crippen molar-refractivity contribution in [3.63, 3.8) is 0 Å². The van der Waals surface area contributed by atoms with Crippen LogP contribution in [0.15, 0.2) is 11.5 Å². The van der Waals surface area contributed by atoms with Crippen LogP contribution in [0.3, 0.4) is 0 Å². The van der Waals surface area contributed by atoms with E-state index in [4.69, 9.17) is 31.3 Å². The maximum absolute atomic E-state index is 10.5. The number of rotatable bonds is 18. The first kappa shape index (κ1) is 32.6. The van der Waals surface area contributed by atoms with Crippen molar-refractivity contribution in [1.29, 1.82) is 0 Å². The lowest BCUT2D eigenvalue weighted by molar-refractivity contribution is -0.147. The summed E-state index contributed by atoms with van der Waals surface area (Å²) in [7, 11) is 0. The SMILES string of the molecule is CCCCCCCCCCCCCC[C@@H](O)[C@@H](O)[C@@H](N)CO.O=C1O[C@H]([C@@H](O)CO)C(O)=C1O. The summed E-state index contributed by atoms with van der Waals surface area (Å²) >= 11 is 0. The van der Waals surface area contributed by atoms with Gasteiger partial charge in [0, 0.05) is 0 Å². The molecule has 0 spiro atoms. The second kappa shape index (κ2) is 19.8. The zero-order valence-electron chi connectivity index (χ0n) is 20.5. The molecule has 0 aromatic carbocycles. The van der Waals surface area contributed by atoms with Gasteiger partial charge in [0.1, 0.15) is 6.10 Å². The Bertz CT molecular complexity index is 559. The topological polar surface area (TPSA) is 194 Å². The first-order chi connectivity index (χ1) is 16.2. The average Bonchev–Trinajstić information content (AvgIpc) is 3.10. The largest absolute Gasteiger partial charge is 0.505 e. The van der Waals surface area contributed by atoms with E-state index < -0.39 is 54.6 Å². The van der Waals surface area contributed by atoms with Crippen LogP contribution in [-0.4, -0.2) is 85.4 Å². The van der Waals surface area contributed by atoms with Crippen molar-refractivity contribution < 1.29 is 45.3 Å². The molecule has 0 aliphatic carbocycles. The third-order valence-electron chi connectivity index (χ3n) is 5.87. The van der Waals surface area contributed by atoms with E-state index in [1.807, 2.05) is 0 Å². The Kier molecular flexibility index (Phi) is 19.0. The minimum Gasteiger partial charge on any atom is -0.505 e. The Labute approximate surface area is 203 Å². The highest BCUT2D eigenvalue weighted by Gasteiger charge is 2.38. The van der Waals surface area contributed by atoms with Crippen LogP contribution in [0.4, 0.5) is 0 Å². The van der Waals surface area contributed by atoms with Gasteiger partial charge in [-0.1, -0.05) is 84.0 Å². The second-order valence-corrected chi connectivity index (χ2v) is 8.89. The lowest BCUT2D eigenvalue weighted by Gasteiger charge is -2.22. The summed E-state index contributed by atoms with van der Waals surface area (Å²) < 4.78 is 4.32. The molecular formula is C24H47NO9. The summed E-state index contributed by atoms with van der Waals surface area (Å²) in [6, 6.07) is -0.743. The first-order valence-corrected chi connectivity index (χ1v) is 12.6. The average molecular weight is 494 g/mol. The van der Waals surface area contributed by atoms with Gasteiger partial charge in [0.15, 0.2) is 11.9 Å². The molecule has 0 fully saturated rings. The van der Waals surface area contributed by atoms with Crippen LogP contribution >= 0.6 is 0 Å². The zero-order valence-corrected chi connectivity index (χ0v) is 20.5. The van der Waals surface area contributed by atoms with Crippen LogP contribution in [0.2, 0.25) is 0 Å². The lowest BCUT2D eigenvalue weighted by atomic mass is 10.00. The molecule has 34 heavy (non-hydrogen) atoms.